The van der Waals surface area contributed by atoms with E-state index < -0.39 is 0 Å². The number of hydrogen-bond donors (Lipinski definition) is 2. The van der Waals surface area contributed by atoms with Gasteiger partial charge in [0.25, 0.3) is 5.56 Å². The molecule has 0 saturated carbocycles. The van der Waals surface area contributed by atoms with E-state index in [4.69, 9.17) is 5.73 Å². The van der Waals surface area contributed by atoms with E-state index in [-0.39, 0.29) is 5.56 Å². The van der Waals surface area contributed by atoms with Crippen LogP contribution in [0.25, 0.3) is 0 Å². The van der Waals surface area contributed by atoms with Gasteiger partial charge in [-0.1, -0.05) is 28.1 Å². The van der Waals surface area contributed by atoms with Crippen molar-refractivity contribution in [2.24, 2.45) is 0 Å². The minimum atomic E-state index is -0.0691. The van der Waals surface area contributed by atoms with Gasteiger partial charge in [0, 0.05) is 4.47 Å². The lowest BCUT2D eigenvalue weighted by molar-refractivity contribution is 0.665. The molecule has 1 aromatic heterocycles. The third-order valence-electron chi connectivity index (χ3n) is 2.48. The highest BCUT2D eigenvalue weighted by Crippen LogP contribution is 2.11. The Bertz CT molecular complexity index is 554. The first kappa shape index (κ1) is 11.0. The molecule has 0 atom stereocenters. The van der Waals surface area contributed by atoms with Crippen LogP contribution in [0.4, 0.5) is 5.82 Å². The zero-order valence-corrected chi connectivity index (χ0v) is 10.4. The lowest BCUT2D eigenvalue weighted by Crippen LogP contribution is -2.18. The number of rotatable bonds is 2. The molecule has 0 saturated heterocycles. The molecule has 4 nitrogen and oxygen atoms in total. The van der Waals surface area contributed by atoms with Crippen LogP contribution in [0.2, 0.25) is 0 Å². The number of benzene rings is 1. The van der Waals surface area contributed by atoms with Crippen LogP contribution in [0.5, 0.6) is 0 Å². The Morgan fingerprint density at radius 3 is 2.50 bits per heavy atom. The number of hydrogen-bond acceptors (Lipinski definition) is 2. The number of nitrogens with zero attached hydrogens (tertiary/aromatic N) is 1. The van der Waals surface area contributed by atoms with E-state index in [0.717, 1.165) is 10.0 Å². The molecule has 1 heterocycles. The summed E-state index contributed by atoms with van der Waals surface area (Å²) in [5.41, 5.74) is 7.18. The fourth-order valence-electron chi connectivity index (χ4n) is 1.48. The molecule has 3 N–H and O–H groups in total. The Morgan fingerprint density at radius 1 is 1.38 bits per heavy atom. The van der Waals surface area contributed by atoms with Crippen molar-refractivity contribution in [1.82, 2.24) is 9.78 Å². The smallest absolute Gasteiger partial charge is 0.271 e. The number of nitrogen functional groups attached to an aromatic ring is 1. The van der Waals surface area contributed by atoms with Gasteiger partial charge in [-0.2, -0.15) is 0 Å². The summed E-state index contributed by atoms with van der Waals surface area (Å²) >= 11 is 3.36. The summed E-state index contributed by atoms with van der Waals surface area (Å²) in [4.78, 5) is 11.7. The molecule has 0 aliphatic rings. The van der Waals surface area contributed by atoms with Crippen molar-refractivity contribution in [2.45, 2.75) is 13.5 Å². The predicted molar refractivity (Wildman–Crippen MR) is 67.4 cm³/mol. The summed E-state index contributed by atoms with van der Waals surface area (Å²) in [6.07, 6.45) is 0. The molecule has 0 bridgehead atoms. The number of halogens is 1. The Balaban J connectivity index is 2.30. The Morgan fingerprint density at radius 2 is 2.00 bits per heavy atom. The van der Waals surface area contributed by atoms with E-state index >= 15 is 0 Å². The number of nitrogens with two attached hydrogens (primary N) is 1. The summed E-state index contributed by atoms with van der Waals surface area (Å²) in [6, 6.07) is 7.81. The number of anilines is 1. The number of nitrogens with one attached hydrogen (secondary N) is 1. The lowest BCUT2D eigenvalue weighted by Gasteiger charge is -2.02. The first-order valence-corrected chi connectivity index (χ1v) is 5.66. The SMILES string of the molecule is Cc1c(N)[nH]n(Cc2ccc(Br)cc2)c1=O. The molecule has 16 heavy (non-hydrogen) atoms. The molecule has 0 spiro atoms. The second kappa shape index (κ2) is 4.17. The van der Waals surface area contributed by atoms with Crippen LogP contribution in [-0.4, -0.2) is 9.78 Å². The molecule has 2 aromatic rings. The highest BCUT2D eigenvalue weighted by atomic mass is 79.9. The van der Waals surface area contributed by atoms with Gasteiger partial charge in [0.05, 0.1) is 12.1 Å². The third-order valence-corrected chi connectivity index (χ3v) is 3.01. The summed E-state index contributed by atoms with van der Waals surface area (Å²) in [5.74, 6) is 0.433. The summed E-state index contributed by atoms with van der Waals surface area (Å²) in [5, 5.41) is 2.85. The fraction of sp³-hybridized carbons (Fsp3) is 0.182. The van der Waals surface area contributed by atoms with Crippen LogP contribution in [0.15, 0.2) is 33.5 Å². The van der Waals surface area contributed by atoms with Gasteiger partial charge in [-0.15, -0.1) is 0 Å². The van der Waals surface area contributed by atoms with Crippen LogP contribution in [0, 0.1) is 6.92 Å². The van der Waals surface area contributed by atoms with Gasteiger partial charge in [0.1, 0.15) is 5.82 Å². The van der Waals surface area contributed by atoms with Crippen LogP contribution in [0.3, 0.4) is 0 Å². The first-order valence-electron chi connectivity index (χ1n) is 4.87. The first-order chi connectivity index (χ1) is 7.58. The van der Waals surface area contributed by atoms with Crippen molar-refractivity contribution in [1.29, 1.82) is 0 Å². The third kappa shape index (κ3) is 2.04. The van der Waals surface area contributed by atoms with Crippen LogP contribution in [-0.2, 0) is 6.54 Å². The van der Waals surface area contributed by atoms with E-state index in [1.807, 2.05) is 24.3 Å². The zero-order valence-electron chi connectivity index (χ0n) is 8.83. The highest BCUT2D eigenvalue weighted by Gasteiger charge is 2.06. The van der Waals surface area contributed by atoms with E-state index in [1.165, 1.54) is 4.68 Å². The maximum atomic E-state index is 11.7. The largest absolute Gasteiger partial charge is 0.384 e. The molecule has 2 rings (SSSR count). The number of H-pyrrole nitrogens is 1. The molecule has 0 unspecified atom stereocenters. The van der Waals surface area contributed by atoms with Gasteiger partial charge in [-0.25, -0.2) is 4.68 Å². The summed E-state index contributed by atoms with van der Waals surface area (Å²) in [7, 11) is 0. The zero-order chi connectivity index (χ0) is 11.7. The van der Waals surface area contributed by atoms with Crippen LogP contribution >= 0.6 is 15.9 Å². The average Bonchev–Trinajstić information content (AvgIpc) is 2.50. The summed E-state index contributed by atoms with van der Waals surface area (Å²) < 4.78 is 2.53. The maximum absolute atomic E-state index is 11.7. The fourth-order valence-corrected chi connectivity index (χ4v) is 1.75. The minimum absolute atomic E-state index is 0.0691. The lowest BCUT2D eigenvalue weighted by atomic mass is 10.2. The molecule has 5 heteroatoms. The van der Waals surface area contributed by atoms with Gasteiger partial charge in [0.15, 0.2) is 0 Å². The highest BCUT2D eigenvalue weighted by molar-refractivity contribution is 9.10. The van der Waals surface area contributed by atoms with Crippen LogP contribution in [0.1, 0.15) is 11.1 Å². The molecule has 0 amide bonds. The molecular weight excluding hydrogens is 270 g/mol. The normalized spacial score (nSPS) is 10.6. The topological polar surface area (TPSA) is 63.8 Å². The van der Waals surface area contributed by atoms with Gasteiger partial charge >= 0.3 is 0 Å². The molecule has 1 aromatic carbocycles. The average molecular weight is 282 g/mol. The van der Waals surface area contributed by atoms with Crippen molar-refractivity contribution < 1.29 is 0 Å². The Kier molecular flexibility index (Phi) is 2.87. The van der Waals surface area contributed by atoms with E-state index in [9.17, 15) is 4.79 Å². The van der Waals surface area contributed by atoms with Crippen molar-refractivity contribution in [2.75, 3.05) is 5.73 Å². The van der Waals surface area contributed by atoms with Gasteiger partial charge in [-0.3, -0.25) is 9.89 Å². The maximum Gasteiger partial charge on any atom is 0.271 e. The van der Waals surface area contributed by atoms with Crippen LogP contribution < -0.4 is 11.3 Å². The molecule has 0 radical (unpaired) electrons. The summed E-state index contributed by atoms with van der Waals surface area (Å²) in [6.45, 7) is 2.22. The molecular formula is C11H12BrN3O. The molecule has 0 aliphatic heterocycles. The molecule has 84 valence electrons. The van der Waals surface area contributed by atoms with E-state index in [0.29, 0.717) is 17.9 Å². The quantitative estimate of drug-likeness (QED) is 0.883. The van der Waals surface area contributed by atoms with E-state index in [1.54, 1.807) is 6.92 Å². The van der Waals surface area contributed by atoms with Gasteiger partial charge in [-0.05, 0) is 24.6 Å². The Labute approximate surface area is 101 Å². The van der Waals surface area contributed by atoms with Crippen molar-refractivity contribution in [3.63, 3.8) is 0 Å². The van der Waals surface area contributed by atoms with Crippen molar-refractivity contribution in [3.8, 4) is 0 Å². The van der Waals surface area contributed by atoms with Crippen molar-refractivity contribution in [3.05, 3.63) is 50.2 Å². The second-order valence-electron chi connectivity index (χ2n) is 3.67. The number of aromatic amines is 1. The monoisotopic (exact) mass is 281 g/mol. The second-order valence-corrected chi connectivity index (χ2v) is 4.58. The standard InChI is InChI=1S/C11H12BrN3O/c1-7-10(13)14-15(11(7)16)6-8-2-4-9(12)5-3-8/h2-5,14H,6,13H2,1H3. The van der Waals surface area contributed by atoms with Crippen molar-refractivity contribution >= 4 is 21.7 Å². The van der Waals surface area contributed by atoms with Gasteiger partial charge < -0.3 is 5.73 Å². The molecule has 0 aliphatic carbocycles. The Hall–Kier alpha value is -1.49. The van der Waals surface area contributed by atoms with E-state index in [2.05, 4.69) is 21.0 Å². The molecule has 0 fully saturated rings. The minimum Gasteiger partial charge on any atom is -0.384 e. The predicted octanol–water partition coefficient (Wildman–Crippen LogP) is 1.88. The van der Waals surface area contributed by atoms with Gasteiger partial charge in [0.2, 0.25) is 0 Å². The number of aromatic nitrogens is 2.